The Labute approximate surface area is 132 Å². The van der Waals surface area contributed by atoms with Gasteiger partial charge in [0.1, 0.15) is 10.9 Å². The zero-order chi connectivity index (χ0) is 16.3. The van der Waals surface area contributed by atoms with Gasteiger partial charge in [-0.2, -0.15) is 9.97 Å². The van der Waals surface area contributed by atoms with Gasteiger partial charge in [0.05, 0.1) is 12.7 Å². The molecule has 9 heteroatoms. The summed E-state index contributed by atoms with van der Waals surface area (Å²) in [5.74, 6) is 0.634. The summed E-state index contributed by atoms with van der Waals surface area (Å²) in [4.78, 5) is 20.3. The Morgan fingerprint density at radius 2 is 2.18 bits per heavy atom. The third kappa shape index (κ3) is 2.92. The molecule has 0 aliphatic carbocycles. The van der Waals surface area contributed by atoms with Gasteiger partial charge in [-0.3, -0.25) is 9.36 Å². The molecule has 4 N–H and O–H groups in total. The number of hydrogen-bond donors (Lipinski definition) is 3. The number of aliphatic hydroxyl groups is 1. The lowest BCUT2D eigenvalue weighted by atomic mass is 10.2. The first kappa shape index (κ1) is 16.7. The first-order chi connectivity index (χ1) is 10.6. The molecular weight excluding hydrogens is 306 g/mol. The van der Waals surface area contributed by atoms with Gasteiger partial charge >= 0.3 is 4.87 Å². The molecule has 2 atom stereocenters. The number of hydrogen-bond acceptors (Lipinski definition) is 8. The number of anilines is 2. The highest BCUT2D eigenvalue weighted by Crippen LogP contribution is 2.32. The van der Waals surface area contributed by atoms with Crippen molar-refractivity contribution in [3.63, 3.8) is 0 Å². The molecule has 1 aliphatic rings. The fourth-order valence-electron chi connectivity index (χ4n) is 2.37. The predicted molar refractivity (Wildman–Crippen MR) is 87.2 cm³/mol. The summed E-state index contributed by atoms with van der Waals surface area (Å²) < 4.78 is 7.81. The van der Waals surface area contributed by atoms with E-state index >= 15 is 0 Å². The van der Waals surface area contributed by atoms with Crippen molar-refractivity contribution in [2.45, 2.75) is 39.0 Å². The fraction of sp³-hybridized carbons (Fsp3) is 0.615. The van der Waals surface area contributed by atoms with Crippen LogP contribution in [0.25, 0.3) is 10.3 Å². The molecule has 22 heavy (non-hydrogen) atoms. The number of nitrogens with one attached hydrogen (secondary N) is 1. The molecule has 0 spiro atoms. The van der Waals surface area contributed by atoms with Crippen molar-refractivity contribution in [3.8, 4) is 0 Å². The monoisotopic (exact) mass is 327 g/mol. The minimum atomic E-state index is -0.410. The number of rotatable bonds is 3. The van der Waals surface area contributed by atoms with Crippen LogP contribution in [0.15, 0.2) is 4.79 Å². The molecular formula is C13H21N5O3S. The Morgan fingerprint density at radius 1 is 1.45 bits per heavy atom. The van der Waals surface area contributed by atoms with E-state index in [4.69, 9.17) is 15.6 Å². The summed E-state index contributed by atoms with van der Waals surface area (Å²) in [5.41, 5.74) is 6.15. The molecule has 2 aromatic heterocycles. The summed E-state index contributed by atoms with van der Waals surface area (Å²) >= 11 is 1.06. The molecule has 2 aromatic rings. The van der Waals surface area contributed by atoms with Gasteiger partial charge in [0.25, 0.3) is 0 Å². The minimum absolute atomic E-state index is 0.0494. The molecule has 0 aromatic carbocycles. The third-order valence-electron chi connectivity index (χ3n) is 3.29. The van der Waals surface area contributed by atoms with Crippen LogP contribution in [0.2, 0.25) is 0 Å². The predicted octanol–water partition coefficient (Wildman–Crippen LogP) is 1.17. The topological polar surface area (TPSA) is 115 Å². The Morgan fingerprint density at radius 3 is 2.77 bits per heavy atom. The van der Waals surface area contributed by atoms with Crippen molar-refractivity contribution in [1.29, 1.82) is 0 Å². The van der Waals surface area contributed by atoms with E-state index in [1.165, 1.54) is 4.57 Å². The van der Waals surface area contributed by atoms with Crippen molar-refractivity contribution in [3.05, 3.63) is 9.67 Å². The molecule has 1 fully saturated rings. The maximum atomic E-state index is 12.2. The molecule has 2 unspecified atom stereocenters. The van der Waals surface area contributed by atoms with Gasteiger partial charge in [0.2, 0.25) is 5.95 Å². The Hall–Kier alpha value is -1.71. The number of thiazole rings is 1. The maximum absolute atomic E-state index is 12.2. The number of nitrogens with two attached hydrogens (primary N) is 1. The number of ether oxygens (including phenoxy) is 1. The van der Waals surface area contributed by atoms with E-state index in [2.05, 4.69) is 15.3 Å². The number of nitrogen functional groups attached to an aromatic ring is 1. The van der Waals surface area contributed by atoms with Crippen LogP contribution < -0.4 is 15.9 Å². The highest BCUT2D eigenvalue weighted by atomic mass is 32.1. The maximum Gasteiger partial charge on any atom is 0.311 e. The first-order valence-electron chi connectivity index (χ1n) is 7.26. The molecule has 0 amide bonds. The highest BCUT2D eigenvalue weighted by molar-refractivity contribution is 7.17. The fourth-order valence-corrected chi connectivity index (χ4v) is 3.33. The zero-order valence-corrected chi connectivity index (χ0v) is 13.7. The highest BCUT2D eigenvalue weighted by Gasteiger charge is 2.29. The van der Waals surface area contributed by atoms with Crippen LogP contribution in [-0.2, 0) is 4.74 Å². The van der Waals surface area contributed by atoms with Crippen LogP contribution >= 0.6 is 11.3 Å². The Bertz CT molecular complexity index is 699. The quantitative estimate of drug-likeness (QED) is 0.775. The van der Waals surface area contributed by atoms with Gasteiger partial charge in [-0.05, 0) is 12.8 Å². The standard InChI is InChI=1S/C11H15N5O3S.C2H6/c1-13-8-7-9(15-10(12)14-8)16(11(18)20-7)6-3-2-5(4-17)19-6;1-2/h5-6,17H,2-4H2,1H3,(H3,12,13,14,15);1-2H3. The van der Waals surface area contributed by atoms with E-state index in [1.54, 1.807) is 7.05 Å². The lowest BCUT2D eigenvalue weighted by molar-refractivity contribution is -0.0214. The van der Waals surface area contributed by atoms with E-state index in [9.17, 15) is 4.79 Å². The summed E-state index contributed by atoms with van der Waals surface area (Å²) in [6.07, 6.45) is 0.734. The number of aromatic nitrogens is 3. The molecule has 3 heterocycles. The van der Waals surface area contributed by atoms with Crippen LogP contribution in [0.1, 0.15) is 32.9 Å². The normalized spacial score (nSPS) is 20.7. The molecule has 1 aliphatic heterocycles. The first-order valence-corrected chi connectivity index (χ1v) is 8.08. The lowest BCUT2D eigenvalue weighted by Crippen LogP contribution is -2.21. The summed E-state index contributed by atoms with van der Waals surface area (Å²) in [6.45, 7) is 3.95. The summed E-state index contributed by atoms with van der Waals surface area (Å²) in [7, 11) is 1.71. The second-order valence-electron chi connectivity index (χ2n) is 4.54. The van der Waals surface area contributed by atoms with E-state index < -0.39 is 6.23 Å². The largest absolute Gasteiger partial charge is 0.394 e. The van der Waals surface area contributed by atoms with Crippen molar-refractivity contribution in [2.75, 3.05) is 24.7 Å². The van der Waals surface area contributed by atoms with Gasteiger partial charge in [-0.25, -0.2) is 0 Å². The zero-order valence-electron chi connectivity index (χ0n) is 12.9. The van der Waals surface area contributed by atoms with Gasteiger partial charge in [0.15, 0.2) is 11.5 Å². The van der Waals surface area contributed by atoms with Crippen LogP contribution in [0.5, 0.6) is 0 Å². The Balaban J connectivity index is 0.000000847. The van der Waals surface area contributed by atoms with Crippen molar-refractivity contribution < 1.29 is 9.84 Å². The summed E-state index contributed by atoms with van der Waals surface area (Å²) in [5, 5.41) is 12.0. The molecule has 3 rings (SSSR count). The van der Waals surface area contributed by atoms with Crippen molar-refractivity contribution in [2.24, 2.45) is 0 Å². The SMILES string of the molecule is CC.CNc1nc(N)nc2c1sc(=O)n2C1CCC(CO)O1. The van der Waals surface area contributed by atoms with Crippen LogP contribution in [0.4, 0.5) is 11.8 Å². The molecule has 122 valence electrons. The second-order valence-corrected chi connectivity index (χ2v) is 5.51. The van der Waals surface area contributed by atoms with Gasteiger partial charge in [0, 0.05) is 7.05 Å². The third-order valence-corrected chi connectivity index (χ3v) is 4.24. The second kappa shape index (κ2) is 7.03. The van der Waals surface area contributed by atoms with Crippen LogP contribution in [0, 0.1) is 0 Å². The lowest BCUT2D eigenvalue weighted by Gasteiger charge is -2.13. The van der Waals surface area contributed by atoms with Crippen molar-refractivity contribution >= 4 is 33.5 Å². The average molecular weight is 327 g/mol. The van der Waals surface area contributed by atoms with Gasteiger partial charge < -0.3 is 20.9 Å². The molecule has 0 radical (unpaired) electrons. The number of nitrogens with zero attached hydrogens (tertiary/aromatic N) is 3. The minimum Gasteiger partial charge on any atom is -0.394 e. The van der Waals surface area contributed by atoms with E-state index in [1.807, 2.05) is 13.8 Å². The molecule has 0 bridgehead atoms. The molecule has 0 saturated carbocycles. The van der Waals surface area contributed by atoms with Crippen LogP contribution in [-0.4, -0.2) is 39.4 Å². The average Bonchev–Trinajstić information content (AvgIpc) is 3.11. The smallest absolute Gasteiger partial charge is 0.311 e. The molecule has 8 nitrogen and oxygen atoms in total. The van der Waals surface area contributed by atoms with Crippen molar-refractivity contribution in [1.82, 2.24) is 14.5 Å². The Kier molecular flexibility index (Phi) is 5.33. The molecule has 1 saturated heterocycles. The van der Waals surface area contributed by atoms with Gasteiger partial charge in [-0.15, -0.1) is 0 Å². The van der Waals surface area contributed by atoms with E-state index in [0.717, 1.165) is 11.3 Å². The van der Waals surface area contributed by atoms with E-state index in [0.29, 0.717) is 29.0 Å². The van der Waals surface area contributed by atoms with E-state index in [-0.39, 0.29) is 23.5 Å². The summed E-state index contributed by atoms with van der Waals surface area (Å²) in [6, 6.07) is 0. The van der Waals surface area contributed by atoms with Gasteiger partial charge in [-0.1, -0.05) is 25.2 Å². The number of aliphatic hydroxyl groups excluding tert-OH is 1. The number of fused-ring (bicyclic) bond motifs is 1. The van der Waals surface area contributed by atoms with Crippen LogP contribution in [0.3, 0.4) is 0 Å².